The lowest BCUT2D eigenvalue weighted by Crippen LogP contribution is -2.48. The van der Waals surface area contributed by atoms with Crippen molar-refractivity contribution < 1.29 is 4.79 Å². The molecule has 3 nitrogen and oxygen atoms in total. The van der Waals surface area contributed by atoms with Gasteiger partial charge in [-0.2, -0.15) is 0 Å². The van der Waals surface area contributed by atoms with E-state index in [4.69, 9.17) is 11.6 Å². The van der Waals surface area contributed by atoms with Gasteiger partial charge in [-0.15, -0.1) is 11.3 Å². The number of thiophene rings is 1. The van der Waals surface area contributed by atoms with Gasteiger partial charge in [0.2, 0.25) is 0 Å². The van der Waals surface area contributed by atoms with Gasteiger partial charge in [0, 0.05) is 19.1 Å². The Bertz CT molecular complexity index is 441. The van der Waals surface area contributed by atoms with E-state index in [0.717, 1.165) is 44.5 Å². The second-order valence-corrected chi connectivity index (χ2v) is 6.32. The summed E-state index contributed by atoms with van der Waals surface area (Å²) in [6.45, 7) is 6.81. The number of amides is 1. The van der Waals surface area contributed by atoms with Crippen LogP contribution < -0.4 is 5.32 Å². The highest BCUT2D eigenvalue weighted by atomic mass is 35.5. The summed E-state index contributed by atoms with van der Waals surface area (Å²) in [5, 5.41) is 5.96. The number of piperidine rings is 1. The lowest BCUT2D eigenvalue weighted by Gasteiger charge is -2.34. The molecule has 5 heteroatoms. The molecule has 0 bridgehead atoms. The minimum absolute atomic E-state index is 0.0960. The van der Waals surface area contributed by atoms with Gasteiger partial charge in [-0.25, -0.2) is 0 Å². The van der Waals surface area contributed by atoms with Crippen LogP contribution in [0.1, 0.15) is 41.4 Å². The summed E-state index contributed by atoms with van der Waals surface area (Å²) in [6, 6.07) is 0.305. The van der Waals surface area contributed by atoms with Crippen molar-refractivity contribution in [2.45, 2.75) is 39.2 Å². The van der Waals surface area contributed by atoms with E-state index in [2.05, 4.69) is 12.2 Å². The Labute approximate surface area is 123 Å². The standard InChI is InChI=1S/C14H21ClN2OS/c1-3-7-17(11-5-4-6-16-8-11)14(18)13-12(15)10(2)9-19-13/h9,11,16H,3-8H2,1-2H3. The zero-order chi connectivity index (χ0) is 13.8. The van der Waals surface area contributed by atoms with Crippen LogP contribution in [0.3, 0.4) is 0 Å². The summed E-state index contributed by atoms with van der Waals surface area (Å²) in [5.41, 5.74) is 0.994. The van der Waals surface area contributed by atoms with Crippen molar-refractivity contribution in [3.63, 3.8) is 0 Å². The number of nitrogens with zero attached hydrogens (tertiary/aromatic N) is 1. The van der Waals surface area contributed by atoms with E-state index in [9.17, 15) is 4.79 Å². The molecule has 1 atom stereocenters. The van der Waals surface area contributed by atoms with E-state index < -0.39 is 0 Å². The molecule has 0 saturated carbocycles. The molecule has 1 aromatic heterocycles. The first-order chi connectivity index (χ1) is 9.15. The minimum Gasteiger partial charge on any atom is -0.334 e. The number of halogens is 1. The van der Waals surface area contributed by atoms with Crippen LogP contribution >= 0.6 is 22.9 Å². The fourth-order valence-corrected chi connectivity index (χ4v) is 3.72. The first-order valence-electron chi connectivity index (χ1n) is 6.90. The van der Waals surface area contributed by atoms with Crippen LogP contribution in [-0.2, 0) is 0 Å². The van der Waals surface area contributed by atoms with Gasteiger partial charge in [-0.1, -0.05) is 18.5 Å². The molecule has 2 heterocycles. The van der Waals surface area contributed by atoms with Crippen LogP contribution in [0.5, 0.6) is 0 Å². The van der Waals surface area contributed by atoms with Crippen LogP contribution in [0.4, 0.5) is 0 Å². The van der Waals surface area contributed by atoms with Gasteiger partial charge >= 0.3 is 0 Å². The maximum atomic E-state index is 12.7. The van der Waals surface area contributed by atoms with Gasteiger partial charge in [0.25, 0.3) is 5.91 Å². The highest BCUT2D eigenvalue weighted by Crippen LogP contribution is 2.29. The molecule has 2 rings (SSSR count). The molecule has 1 N–H and O–H groups in total. The Morgan fingerprint density at radius 3 is 2.95 bits per heavy atom. The van der Waals surface area contributed by atoms with E-state index in [1.54, 1.807) is 0 Å². The molecular weight excluding hydrogens is 280 g/mol. The quantitative estimate of drug-likeness (QED) is 0.925. The van der Waals surface area contributed by atoms with Gasteiger partial charge in [0.05, 0.1) is 5.02 Å². The van der Waals surface area contributed by atoms with E-state index in [-0.39, 0.29) is 5.91 Å². The molecule has 1 fully saturated rings. The Kier molecular flexibility index (Phi) is 5.25. The third-order valence-electron chi connectivity index (χ3n) is 3.53. The Morgan fingerprint density at radius 1 is 1.63 bits per heavy atom. The molecular formula is C14H21ClN2OS. The maximum Gasteiger partial charge on any atom is 0.265 e. The lowest BCUT2D eigenvalue weighted by molar-refractivity contribution is 0.0654. The molecule has 1 amide bonds. The molecule has 0 radical (unpaired) electrons. The molecule has 1 aromatic rings. The summed E-state index contributed by atoms with van der Waals surface area (Å²) < 4.78 is 0. The lowest BCUT2D eigenvalue weighted by atomic mass is 10.1. The van der Waals surface area contributed by atoms with Gasteiger partial charge in [0.1, 0.15) is 4.88 Å². The topological polar surface area (TPSA) is 32.3 Å². The van der Waals surface area contributed by atoms with Gasteiger partial charge < -0.3 is 10.2 Å². The predicted molar refractivity (Wildman–Crippen MR) is 81.3 cm³/mol. The Morgan fingerprint density at radius 2 is 2.42 bits per heavy atom. The summed E-state index contributed by atoms with van der Waals surface area (Å²) in [4.78, 5) is 15.4. The van der Waals surface area contributed by atoms with Crippen molar-refractivity contribution in [1.29, 1.82) is 0 Å². The van der Waals surface area contributed by atoms with Crippen LogP contribution in [0.15, 0.2) is 5.38 Å². The zero-order valence-electron chi connectivity index (χ0n) is 11.5. The van der Waals surface area contributed by atoms with Crippen molar-refractivity contribution in [2.75, 3.05) is 19.6 Å². The van der Waals surface area contributed by atoms with Crippen molar-refractivity contribution in [3.05, 3.63) is 20.8 Å². The van der Waals surface area contributed by atoms with Crippen molar-refractivity contribution in [1.82, 2.24) is 10.2 Å². The summed E-state index contributed by atoms with van der Waals surface area (Å²) >= 11 is 7.69. The number of aryl methyl sites for hydroxylation is 1. The average molecular weight is 301 g/mol. The van der Waals surface area contributed by atoms with E-state index in [0.29, 0.717) is 15.9 Å². The van der Waals surface area contributed by atoms with E-state index >= 15 is 0 Å². The number of nitrogens with one attached hydrogen (secondary N) is 1. The van der Waals surface area contributed by atoms with E-state index in [1.807, 2.05) is 17.2 Å². The van der Waals surface area contributed by atoms with Crippen molar-refractivity contribution >= 4 is 28.8 Å². The summed E-state index contributed by atoms with van der Waals surface area (Å²) in [6.07, 6.45) is 3.19. The van der Waals surface area contributed by atoms with Crippen LogP contribution in [0.25, 0.3) is 0 Å². The monoisotopic (exact) mass is 300 g/mol. The van der Waals surface area contributed by atoms with Crippen LogP contribution in [0.2, 0.25) is 5.02 Å². The molecule has 1 saturated heterocycles. The number of carbonyl (C=O) groups is 1. The molecule has 0 spiro atoms. The zero-order valence-corrected chi connectivity index (χ0v) is 13.1. The normalized spacial score (nSPS) is 19.4. The highest BCUT2D eigenvalue weighted by molar-refractivity contribution is 7.13. The molecule has 106 valence electrons. The third kappa shape index (κ3) is 3.30. The second kappa shape index (κ2) is 6.73. The van der Waals surface area contributed by atoms with E-state index in [1.165, 1.54) is 11.3 Å². The highest BCUT2D eigenvalue weighted by Gasteiger charge is 2.27. The first kappa shape index (κ1) is 14.8. The number of hydrogen-bond acceptors (Lipinski definition) is 3. The number of hydrogen-bond donors (Lipinski definition) is 1. The Hall–Kier alpha value is -0.580. The first-order valence-corrected chi connectivity index (χ1v) is 8.16. The van der Waals surface area contributed by atoms with Crippen LogP contribution in [-0.4, -0.2) is 36.5 Å². The molecule has 0 aromatic carbocycles. The largest absolute Gasteiger partial charge is 0.334 e. The molecule has 1 aliphatic rings. The molecule has 1 unspecified atom stereocenters. The summed E-state index contributed by atoms with van der Waals surface area (Å²) in [7, 11) is 0. The molecule has 1 aliphatic heterocycles. The fourth-order valence-electron chi connectivity index (χ4n) is 2.49. The second-order valence-electron chi connectivity index (χ2n) is 5.06. The van der Waals surface area contributed by atoms with Crippen LogP contribution in [0, 0.1) is 6.92 Å². The third-order valence-corrected chi connectivity index (χ3v) is 5.22. The predicted octanol–water partition coefficient (Wildman–Crippen LogP) is 3.31. The fraction of sp³-hybridized carbons (Fsp3) is 0.643. The SMILES string of the molecule is CCCN(C(=O)c1scc(C)c1Cl)C1CCCNC1. The number of rotatable bonds is 4. The molecule has 19 heavy (non-hydrogen) atoms. The summed E-state index contributed by atoms with van der Waals surface area (Å²) in [5.74, 6) is 0.0960. The van der Waals surface area contributed by atoms with Gasteiger partial charge in [0.15, 0.2) is 0 Å². The van der Waals surface area contributed by atoms with Crippen molar-refractivity contribution in [3.8, 4) is 0 Å². The number of carbonyl (C=O) groups excluding carboxylic acids is 1. The van der Waals surface area contributed by atoms with Gasteiger partial charge in [-0.05, 0) is 43.7 Å². The average Bonchev–Trinajstić information content (AvgIpc) is 2.77. The smallest absolute Gasteiger partial charge is 0.265 e. The van der Waals surface area contributed by atoms with Gasteiger partial charge in [-0.3, -0.25) is 4.79 Å². The Balaban J connectivity index is 2.18. The minimum atomic E-state index is 0.0960. The maximum absolute atomic E-state index is 12.7. The molecule has 0 aliphatic carbocycles. The van der Waals surface area contributed by atoms with Crippen molar-refractivity contribution in [2.24, 2.45) is 0 Å².